The highest BCUT2D eigenvalue weighted by atomic mass is 16.5. The molecule has 0 saturated carbocycles. The van der Waals surface area contributed by atoms with Crippen molar-refractivity contribution < 1.29 is 23.9 Å². The normalized spacial score (nSPS) is 25.7. The standard InChI is InChI=1S/C29H37N5O5/c1-17(2)25-26(36)30-16-24(35)34-14-6-7-22(33-34)27(37)39-18(3)21-11-10-20-9-8-19(15-23(20)31-21)12-13-29(4,5)28(38)32-25/h8-13,15,17-18,22,25,33H,6-7,14,16H2,1-5H3,(H,30,36)(H,32,38)/b13-12+/t18-,22?,25?/m1/s1. The lowest BCUT2D eigenvalue weighted by Gasteiger charge is -2.33. The molecule has 3 heterocycles. The van der Waals surface area contributed by atoms with Crippen LogP contribution in [-0.2, 0) is 23.9 Å². The molecule has 4 rings (SSSR count). The third kappa shape index (κ3) is 6.62. The monoisotopic (exact) mass is 535 g/mol. The number of nitrogens with zero attached hydrogens (tertiary/aromatic N) is 2. The molecule has 3 amide bonds. The van der Waals surface area contributed by atoms with Crippen LogP contribution >= 0.6 is 0 Å². The number of cyclic esters (lactones) is 1. The first-order valence-corrected chi connectivity index (χ1v) is 13.4. The van der Waals surface area contributed by atoms with Crippen molar-refractivity contribution in [2.24, 2.45) is 11.3 Å². The van der Waals surface area contributed by atoms with Crippen molar-refractivity contribution in [2.45, 2.75) is 65.6 Å². The van der Waals surface area contributed by atoms with Crippen molar-refractivity contribution in [3.63, 3.8) is 0 Å². The molecule has 0 radical (unpaired) electrons. The van der Waals surface area contributed by atoms with Crippen LogP contribution in [0.3, 0.4) is 0 Å². The molecule has 0 aliphatic carbocycles. The average Bonchev–Trinajstić information content (AvgIpc) is 2.92. The second-order valence-corrected chi connectivity index (χ2v) is 11.1. The summed E-state index contributed by atoms with van der Waals surface area (Å²) in [4.78, 5) is 56.7. The fraction of sp³-hybridized carbons (Fsp3) is 0.483. The van der Waals surface area contributed by atoms with Gasteiger partial charge >= 0.3 is 5.97 Å². The Morgan fingerprint density at radius 3 is 2.59 bits per heavy atom. The minimum atomic E-state index is -0.915. The maximum atomic E-state index is 13.2. The Balaban J connectivity index is 1.68. The number of aromatic nitrogens is 1. The second-order valence-electron chi connectivity index (χ2n) is 11.1. The van der Waals surface area contributed by atoms with Gasteiger partial charge in [-0.15, -0.1) is 0 Å². The van der Waals surface area contributed by atoms with Gasteiger partial charge in [-0.05, 0) is 57.2 Å². The van der Waals surface area contributed by atoms with Gasteiger partial charge in [0.15, 0.2) is 0 Å². The number of hydrazine groups is 1. The molecule has 10 heteroatoms. The minimum absolute atomic E-state index is 0.208. The quantitative estimate of drug-likeness (QED) is 0.479. The summed E-state index contributed by atoms with van der Waals surface area (Å²) in [5, 5.41) is 7.77. The first kappa shape index (κ1) is 28.2. The van der Waals surface area contributed by atoms with E-state index in [-0.39, 0.29) is 24.3 Å². The summed E-state index contributed by atoms with van der Waals surface area (Å²) in [5.74, 6) is -1.83. The van der Waals surface area contributed by atoms with E-state index in [0.29, 0.717) is 25.1 Å². The van der Waals surface area contributed by atoms with Crippen LogP contribution in [0.2, 0.25) is 0 Å². The molecule has 1 aromatic carbocycles. The predicted octanol–water partition coefficient (Wildman–Crippen LogP) is 2.64. The van der Waals surface area contributed by atoms with Gasteiger partial charge in [0, 0.05) is 11.9 Å². The van der Waals surface area contributed by atoms with E-state index in [2.05, 4.69) is 16.1 Å². The number of nitrogens with one attached hydrogen (secondary N) is 3. The van der Waals surface area contributed by atoms with Crippen LogP contribution in [0.4, 0.5) is 0 Å². The molecule has 208 valence electrons. The number of carbonyl (C=O) groups excluding carboxylic acids is 4. The predicted molar refractivity (Wildman–Crippen MR) is 147 cm³/mol. The molecular formula is C29H37N5O5. The molecule has 3 N–H and O–H groups in total. The highest BCUT2D eigenvalue weighted by Gasteiger charge is 2.33. The lowest BCUT2D eigenvalue weighted by atomic mass is 9.89. The lowest BCUT2D eigenvalue weighted by molar-refractivity contribution is -0.156. The fourth-order valence-corrected chi connectivity index (χ4v) is 4.55. The molecule has 2 unspecified atom stereocenters. The number of pyridine rings is 1. The number of hydrogen-bond donors (Lipinski definition) is 3. The van der Waals surface area contributed by atoms with Gasteiger partial charge in [-0.1, -0.05) is 44.2 Å². The van der Waals surface area contributed by atoms with E-state index in [1.165, 1.54) is 5.01 Å². The fourth-order valence-electron chi connectivity index (χ4n) is 4.55. The highest BCUT2D eigenvalue weighted by molar-refractivity contribution is 5.93. The zero-order chi connectivity index (χ0) is 28.3. The summed E-state index contributed by atoms with van der Waals surface area (Å²) in [5.41, 5.74) is 4.22. The van der Waals surface area contributed by atoms with Crippen LogP contribution in [0.15, 0.2) is 36.4 Å². The SMILES string of the molecule is CC(C)C1NC(=O)C(C)(C)/C=C/c2ccc3ccc(nc3c2)[C@@H](C)OC(=O)C2CCCN(N2)C(=O)CNC1=O. The second kappa shape index (κ2) is 11.5. The summed E-state index contributed by atoms with van der Waals surface area (Å²) in [7, 11) is 0. The lowest BCUT2D eigenvalue weighted by Crippen LogP contribution is -2.58. The highest BCUT2D eigenvalue weighted by Crippen LogP contribution is 2.24. The molecule has 2 aromatic rings. The van der Waals surface area contributed by atoms with E-state index in [1.54, 1.807) is 26.8 Å². The van der Waals surface area contributed by atoms with Gasteiger partial charge in [-0.2, -0.15) is 0 Å². The summed E-state index contributed by atoms with van der Waals surface area (Å²) in [6.45, 7) is 9.10. The third-order valence-electron chi connectivity index (χ3n) is 7.15. The first-order valence-electron chi connectivity index (χ1n) is 13.4. The number of ether oxygens (including phenoxy) is 1. The number of fused-ring (bicyclic) bond motifs is 4. The van der Waals surface area contributed by atoms with Gasteiger partial charge < -0.3 is 15.4 Å². The van der Waals surface area contributed by atoms with Gasteiger partial charge in [0.2, 0.25) is 11.8 Å². The molecular weight excluding hydrogens is 498 g/mol. The molecule has 1 saturated heterocycles. The molecule has 1 aromatic heterocycles. The molecule has 5 bridgehead atoms. The van der Waals surface area contributed by atoms with Crippen LogP contribution in [0, 0.1) is 11.3 Å². The minimum Gasteiger partial charge on any atom is -0.455 e. The summed E-state index contributed by atoms with van der Waals surface area (Å²) in [6.07, 6.45) is 4.16. The number of rotatable bonds is 1. The van der Waals surface area contributed by atoms with Crippen LogP contribution in [-0.4, -0.2) is 58.9 Å². The maximum absolute atomic E-state index is 13.2. The van der Waals surface area contributed by atoms with Crippen molar-refractivity contribution in [2.75, 3.05) is 13.1 Å². The van der Waals surface area contributed by atoms with E-state index >= 15 is 0 Å². The van der Waals surface area contributed by atoms with Crippen molar-refractivity contribution in [3.05, 3.63) is 47.7 Å². The third-order valence-corrected chi connectivity index (χ3v) is 7.15. The first-order chi connectivity index (χ1) is 18.4. The van der Waals surface area contributed by atoms with Gasteiger partial charge in [-0.3, -0.25) is 24.2 Å². The molecule has 3 atom stereocenters. The van der Waals surface area contributed by atoms with Crippen molar-refractivity contribution in [1.29, 1.82) is 0 Å². The number of carbonyl (C=O) groups is 4. The van der Waals surface area contributed by atoms with Crippen LogP contribution in [0.1, 0.15) is 64.8 Å². The molecule has 2 aliphatic heterocycles. The average molecular weight is 536 g/mol. The van der Waals surface area contributed by atoms with E-state index in [9.17, 15) is 19.2 Å². The topological polar surface area (TPSA) is 130 Å². The Bertz CT molecular complexity index is 1300. The largest absolute Gasteiger partial charge is 0.455 e. The van der Waals surface area contributed by atoms with Crippen molar-refractivity contribution in [1.82, 2.24) is 26.1 Å². The van der Waals surface area contributed by atoms with Gasteiger partial charge in [0.25, 0.3) is 5.91 Å². The maximum Gasteiger partial charge on any atom is 0.325 e. The zero-order valence-electron chi connectivity index (χ0n) is 23.1. The van der Waals surface area contributed by atoms with Crippen LogP contribution in [0.25, 0.3) is 17.0 Å². The van der Waals surface area contributed by atoms with Gasteiger partial charge in [0.1, 0.15) is 18.2 Å². The zero-order valence-corrected chi connectivity index (χ0v) is 23.1. The Morgan fingerprint density at radius 1 is 1.10 bits per heavy atom. The Hall–Kier alpha value is -3.79. The Morgan fingerprint density at radius 2 is 1.85 bits per heavy atom. The smallest absolute Gasteiger partial charge is 0.325 e. The van der Waals surface area contributed by atoms with Gasteiger partial charge in [-0.25, -0.2) is 10.4 Å². The Kier molecular flexibility index (Phi) is 8.34. The van der Waals surface area contributed by atoms with E-state index < -0.39 is 35.5 Å². The van der Waals surface area contributed by atoms with E-state index in [0.717, 1.165) is 16.5 Å². The number of benzene rings is 1. The molecule has 2 aliphatic rings. The molecule has 39 heavy (non-hydrogen) atoms. The van der Waals surface area contributed by atoms with Crippen molar-refractivity contribution in [3.8, 4) is 0 Å². The Labute approximate surface area is 228 Å². The van der Waals surface area contributed by atoms with Crippen LogP contribution < -0.4 is 16.1 Å². The molecule has 1 fully saturated rings. The summed E-state index contributed by atoms with van der Waals surface area (Å²) in [6, 6.07) is 8.04. The van der Waals surface area contributed by atoms with Crippen molar-refractivity contribution >= 4 is 40.7 Å². The number of amides is 3. The molecule has 10 nitrogen and oxygen atoms in total. The van der Waals surface area contributed by atoms with Crippen LogP contribution in [0.5, 0.6) is 0 Å². The van der Waals surface area contributed by atoms with E-state index in [4.69, 9.17) is 9.72 Å². The molecule has 0 spiro atoms. The number of hydrogen-bond acceptors (Lipinski definition) is 7. The summed E-state index contributed by atoms with van der Waals surface area (Å²) >= 11 is 0. The summed E-state index contributed by atoms with van der Waals surface area (Å²) < 4.78 is 5.72. The van der Waals surface area contributed by atoms with E-state index in [1.807, 2.05) is 50.3 Å². The number of esters is 1. The van der Waals surface area contributed by atoms with Gasteiger partial charge in [0.05, 0.1) is 23.2 Å².